The van der Waals surface area contributed by atoms with Gasteiger partial charge in [0.2, 0.25) is 0 Å². The van der Waals surface area contributed by atoms with E-state index in [1.54, 1.807) is 0 Å². The van der Waals surface area contributed by atoms with Gasteiger partial charge in [-0.15, -0.1) is 0 Å². The Balaban J connectivity index is -0.000000427. The van der Waals surface area contributed by atoms with E-state index in [9.17, 15) is 0 Å². The molecule has 0 rings (SSSR count). The van der Waals surface area contributed by atoms with E-state index in [2.05, 4.69) is 27.7 Å². The highest BCUT2D eigenvalue weighted by molar-refractivity contribution is 6.92. The molecule has 0 aliphatic rings. The third kappa shape index (κ3) is 13.3. The maximum atomic E-state index is 2.33. The van der Waals surface area contributed by atoms with E-state index >= 15 is 0 Å². The van der Waals surface area contributed by atoms with Crippen LogP contribution in [-0.4, -0.2) is 41.6 Å². The number of unbranched alkanes of at least 4 members (excludes halogenated alkanes) is 4. The average Bonchev–Trinajstić information content (AvgIpc) is 2.37. The second-order valence-electron chi connectivity index (χ2n) is 5.65. The van der Waals surface area contributed by atoms with Gasteiger partial charge in [0.25, 0.3) is 0 Å². The fourth-order valence-corrected chi connectivity index (χ4v) is 2.64. The van der Waals surface area contributed by atoms with Gasteiger partial charge in [-0.2, -0.15) is 9.90 Å². The molecule has 128 valence electrons. The van der Waals surface area contributed by atoms with Crippen LogP contribution in [0.4, 0.5) is 0 Å². The summed E-state index contributed by atoms with van der Waals surface area (Å²) in [4.78, 5) is 0. The largest absolute Gasteiger partial charge is 0.870 e. The van der Waals surface area contributed by atoms with Gasteiger partial charge in [0.05, 0.1) is 26.2 Å². The quantitative estimate of drug-likeness (QED) is 0.396. The van der Waals surface area contributed by atoms with Crippen molar-refractivity contribution in [2.75, 3.05) is 26.2 Å². The van der Waals surface area contributed by atoms with E-state index in [0.29, 0.717) is 0 Å². The minimum absolute atomic E-state index is 0. The van der Waals surface area contributed by atoms with E-state index in [1.807, 2.05) is 0 Å². The molecule has 0 spiro atoms. The second kappa shape index (κ2) is 19.3. The molecule has 1 unspecified atom stereocenters. The van der Waals surface area contributed by atoms with Crippen LogP contribution in [0.3, 0.4) is 0 Å². The van der Waals surface area contributed by atoms with E-state index in [-0.39, 0.29) is 20.9 Å². The van der Waals surface area contributed by atoms with E-state index in [1.165, 1.54) is 82.0 Å². The second-order valence-corrected chi connectivity index (χ2v) is 5.65. The highest BCUT2D eigenvalue weighted by atomic mass is 31.0. The van der Waals surface area contributed by atoms with Crippen molar-refractivity contribution in [1.82, 2.24) is 0 Å². The zero-order valence-electron chi connectivity index (χ0n) is 14.6. The molecule has 20 heavy (non-hydrogen) atoms. The Morgan fingerprint density at radius 1 is 0.550 bits per heavy atom. The maximum Gasteiger partial charge on any atom is 0.0786 e. The first-order chi connectivity index (χ1) is 8.24. The highest BCUT2D eigenvalue weighted by Gasteiger charge is 2.24. The molecule has 0 amide bonds. The number of nitrogens with zero attached hydrogens (tertiary/aromatic N) is 1. The Bertz CT molecular complexity index is 131. The van der Waals surface area contributed by atoms with E-state index < -0.39 is 0 Å². The Kier molecular flexibility index (Phi) is 27.5. The van der Waals surface area contributed by atoms with Crippen molar-refractivity contribution in [3.05, 3.63) is 0 Å². The molecule has 3 N–H and O–H groups in total. The lowest BCUT2D eigenvalue weighted by molar-refractivity contribution is -0.929. The molecule has 0 fully saturated rings. The predicted molar refractivity (Wildman–Crippen MR) is 96.0 cm³/mol. The van der Waals surface area contributed by atoms with Gasteiger partial charge in [-0.3, -0.25) is 0 Å². The van der Waals surface area contributed by atoms with Crippen LogP contribution in [0.25, 0.3) is 0 Å². The molecule has 4 heteroatoms. The number of hydrogen-bond acceptors (Lipinski definition) is 1. The standard InChI is InChI=1S/C16H36N.2H2O.H3P/c1-5-9-13-17(14-10-6-2,15-11-7-3)16-12-8-4;;;/h5-16H2,1-4H3;2*1H2;1H3/q+1;;;/p-1. The summed E-state index contributed by atoms with van der Waals surface area (Å²) in [5.74, 6) is 0. The Hall–Kier alpha value is 0.310. The van der Waals surface area contributed by atoms with Gasteiger partial charge in [-0.1, -0.05) is 53.4 Å². The summed E-state index contributed by atoms with van der Waals surface area (Å²) >= 11 is 0. The zero-order chi connectivity index (χ0) is 13.0. The lowest BCUT2D eigenvalue weighted by atomic mass is 10.1. The molecule has 0 saturated heterocycles. The molecular formula is C16H42NO2P. The Morgan fingerprint density at radius 2 is 0.750 bits per heavy atom. The van der Waals surface area contributed by atoms with Crippen LogP contribution in [0.2, 0.25) is 0 Å². The summed E-state index contributed by atoms with van der Waals surface area (Å²) in [7, 11) is 0. The number of rotatable bonds is 12. The first kappa shape index (κ1) is 28.5. The number of hydrogen-bond donors (Lipinski definition) is 0. The van der Waals surface area contributed by atoms with Crippen molar-refractivity contribution < 1.29 is 15.4 Å². The van der Waals surface area contributed by atoms with E-state index in [0.717, 1.165) is 0 Å². The minimum atomic E-state index is 0. The van der Waals surface area contributed by atoms with Crippen molar-refractivity contribution in [1.29, 1.82) is 0 Å². The van der Waals surface area contributed by atoms with Crippen LogP contribution in [0.15, 0.2) is 0 Å². The topological polar surface area (TPSA) is 61.5 Å². The molecule has 0 aromatic carbocycles. The predicted octanol–water partition coefficient (Wildman–Crippen LogP) is 4.06. The van der Waals surface area contributed by atoms with Crippen LogP contribution in [0, 0.1) is 0 Å². The molecule has 0 bridgehead atoms. The van der Waals surface area contributed by atoms with Gasteiger partial charge < -0.3 is 15.4 Å². The van der Waals surface area contributed by atoms with Gasteiger partial charge >= 0.3 is 0 Å². The SMILES string of the molecule is CCCC[N+](CCCC)(CCCC)CCCC.O.P.[OH-]. The molecule has 0 radical (unpaired) electrons. The fourth-order valence-electron chi connectivity index (χ4n) is 2.64. The smallest absolute Gasteiger partial charge is 0.0786 e. The van der Waals surface area contributed by atoms with Crippen LogP contribution in [-0.2, 0) is 0 Å². The van der Waals surface area contributed by atoms with Crippen molar-refractivity contribution in [2.45, 2.75) is 79.1 Å². The monoisotopic (exact) mass is 311 g/mol. The first-order valence-corrected chi connectivity index (χ1v) is 8.09. The molecule has 0 aromatic rings. The highest BCUT2D eigenvalue weighted by Crippen LogP contribution is 2.16. The van der Waals surface area contributed by atoms with Crippen molar-refractivity contribution in [3.8, 4) is 0 Å². The van der Waals surface area contributed by atoms with Crippen LogP contribution in [0.1, 0.15) is 79.1 Å². The molecule has 3 nitrogen and oxygen atoms in total. The molecule has 0 heterocycles. The van der Waals surface area contributed by atoms with Gasteiger partial charge in [0, 0.05) is 0 Å². The molecular weight excluding hydrogens is 269 g/mol. The zero-order valence-corrected chi connectivity index (χ0v) is 16.0. The average molecular weight is 311 g/mol. The third-order valence-corrected chi connectivity index (χ3v) is 3.94. The fraction of sp³-hybridized carbons (Fsp3) is 1.00. The lowest BCUT2D eigenvalue weighted by Crippen LogP contribution is -2.50. The number of quaternary nitrogens is 1. The van der Waals surface area contributed by atoms with Crippen LogP contribution < -0.4 is 0 Å². The lowest BCUT2D eigenvalue weighted by Gasteiger charge is -2.39. The van der Waals surface area contributed by atoms with Gasteiger partial charge in [-0.25, -0.2) is 0 Å². The molecule has 0 saturated carbocycles. The Labute approximate surface area is 131 Å². The molecule has 0 aliphatic heterocycles. The summed E-state index contributed by atoms with van der Waals surface area (Å²) in [6, 6.07) is 0. The summed E-state index contributed by atoms with van der Waals surface area (Å²) in [6.45, 7) is 15.0. The molecule has 0 aliphatic carbocycles. The normalized spacial score (nSPS) is 10.2. The van der Waals surface area contributed by atoms with Crippen molar-refractivity contribution in [3.63, 3.8) is 0 Å². The summed E-state index contributed by atoms with van der Waals surface area (Å²) < 4.78 is 1.42. The first-order valence-electron chi connectivity index (χ1n) is 8.09. The van der Waals surface area contributed by atoms with Crippen molar-refractivity contribution >= 4 is 9.90 Å². The summed E-state index contributed by atoms with van der Waals surface area (Å²) in [5.41, 5.74) is 0. The van der Waals surface area contributed by atoms with Crippen molar-refractivity contribution in [2.24, 2.45) is 0 Å². The van der Waals surface area contributed by atoms with Gasteiger partial charge in [0.15, 0.2) is 0 Å². The van der Waals surface area contributed by atoms with Gasteiger partial charge in [0.1, 0.15) is 0 Å². The van der Waals surface area contributed by atoms with E-state index in [4.69, 9.17) is 0 Å². The molecule has 1 atom stereocenters. The van der Waals surface area contributed by atoms with Crippen LogP contribution >= 0.6 is 9.90 Å². The Morgan fingerprint density at radius 3 is 0.900 bits per heavy atom. The summed E-state index contributed by atoms with van der Waals surface area (Å²) in [6.07, 6.45) is 11.1. The van der Waals surface area contributed by atoms with Gasteiger partial charge in [-0.05, 0) is 25.7 Å². The third-order valence-electron chi connectivity index (χ3n) is 3.94. The van der Waals surface area contributed by atoms with Crippen LogP contribution in [0.5, 0.6) is 0 Å². The molecule has 0 aromatic heterocycles. The summed E-state index contributed by atoms with van der Waals surface area (Å²) in [5, 5.41) is 0. The minimum Gasteiger partial charge on any atom is -0.870 e. The maximum absolute atomic E-state index is 2.33.